The normalized spacial score (nSPS) is 23.1. The standard InChI is InChI=1S/C12H26N4/c1-3-8-14-12(15-13)16-9-5-6-11(4-2)7-10-16/h11H,3-10,13H2,1-2H3,(H,14,15). The van der Waals surface area contributed by atoms with Crippen molar-refractivity contribution in [1.29, 1.82) is 0 Å². The van der Waals surface area contributed by atoms with Crippen molar-refractivity contribution in [3.63, 3.8) is 0 Å². The van der Waals surface area contributed by atoms with Crippen molar-refractivity contribution < 1.29 is 0 Å². The van der Waals surface area contributed by atoms with Crippen LogP contribution >= 0.6 is 0 Å². The zero-order valence-electron chi connectivity index (χ0n) is 10.7. The summed E-state index contributed by atoms with van der Waals surface area (Å²) in [5, 5.41) is 0. The molecule has 16 heavy (non-hydrogen) atoms. The summed E-state index contributed by atoms with van der Waals surface area (Å²) in [6, 6.07) is 0. The molecule has 0 aromatic heterocycles. The fourth-order valence-electron chi connectivity index (χ4n) is 2.24. The van der Waals surface area contributed by atoms with Gasteiger partial charge in [-0.2, -0.15) is 0 Å². The molecule has 0 aromatic carbocycles. The Kier molecular flexibility index (Phi) is 6.23. The van der Waals surface area contributed by atoms with E-state index in [1.807, 2.05) is 0 Å². The molecular formula is C12H26N4. The first kappa shape index (κ1) is 13.3. The molecule has 1 aliphatic heterocycles. The number of guanidine groups is 1. The van der Waals surface area contributed by atoms with Gasteiger partial charge in [0.25, 0.3) is 0 Å². The molecule has 94 valence electrons. The lowest BCUT2D eigenvalue weighted by molar-refractivity contribution is 0.400. The average Bonchev–Trinajstić information content (AvgIpc) is 2.55. The number of nitrogens with one attached hydrogen (secondary N) is 1. The largest absolute Gasteiger partial charge is 0.342 e. The van der Waals surface area contributed by atoms with Gasteiger partial charge in [0.15, 0.2) is 0 Å². The SMILES string of the molecule is CCCN=C(NN)N1CCCC(CC)CC1. The highest BCUT2D eigenvalue weighted by molar-refractivity contribution is 5.79. The van der Waals surface area contributed by atoms with E-state index in [0.717, 1.165) is 37.9 Å². The van der Waals surface area contributed by atoms with E-state index in [0.29, 0.717) is 0 Å². The number of rotatable bonds is 3. The number of hydrogen-bond acceptors (Lipinski definition) is 2. The molecule has 1 aliphatic rings. The minimum atomic E-state index is 0.854. The lowest BCUT2D eigenvalue weighted by Crippen LogP contribution is -2.45. The molecule has 0 amide bonds. The Morgan fingerprint density at radius 1 is 1.38 bits per heavy atom. The van der Waals surface area contributed by atoms with Crippen LogP contribution in [0.4, 0.5) is 0 Å². The number of aliphatic imine (C=N–C) groups is 1. The summed E-state index contributed by atoms with van der Waals surface area (Å²) >= 11 is 0. The van der Waals surface area contributed by atoms with Crippen molar-refractivity contribution >= 4 is 5.96 Å². The van der Waals surface area contributed by atoms with Gasteiger partial charge in [0.05, 0.1) is 0 Å². The lowest BCUT2D eigenvalue weighted by Gasteiger charge is -2.23. The third kappa shape index (κ3) is 4.00. The fraction of sp³-hybridized carbons (Fsp3) is 0.917. The van der Waals surface area contributed by atoms with E-state index in [1.165, 1.54) is 25.7 Å². The van der Waals surface area contributed by atoms with Crippen molar-refractivity contribution in [3.05, 3.63) is 0 Å². The number of likely N-dealkylation sites (tertiary alicyclic amines) is 1. The Morgan fingerprint density at radius 2 is 2.19 bits per heavy atom. The summed E-state index contributed by atoms with van der Waals surface area (Å²) in [5.41, 5.74) is 2.74. The molecular weight excluding hydrogens is 200 g/mol. The molecule has 0 bridgehead atoms. The van der Waals surface area contributed by atoms with Gasteiger partial charge in [0.2, 0.25) is 5.96 Å². The van der Waals surface area contributed by atoms with Gasteiger partial charge in [-0.25, -0.2) is 5.84 Å². The number of nitrogens with zero attached hydrogens (tertiary/aromatic N) is 2. The maximum Gasteiger partial charge on any atom is 0.208 e. The molecule has 4 nitrogen and oxygen atoms in total. The maximum atomic E-state index is 5.54. The lowest BCUT2D eigenvalue weighted by atomic mass is 9.98. The molecule has 0 spiro atoms. The molecule has 0 aliphatic carbocycles. The third-order valence-electron chi connectivity index (χ3n) is 3.34. The summed E-state index contributed by atoms with van der Waals surface area (Å²) in [4.78, 5) is 6.78. The summed E-state index contributed by atoms with van der Waals surface area (Å²) in [5.74, 6) is 7.30. The van der Waals surface area contributed by atoms with Crippen LogP contribution in [0.1, 0.15) is 46.0 Å². The van der Waals surface area contributed by atoms with Crippen LogP contribution in [0.5, 0.6) is 0 Å². The van der Waals surface area contributed by atoms with Gasteiger partial charge in [-0.15, -0.1) is 0 Å². The van der Waals surface area contributed by atoms with Crippen LogP contribution in [0.2, 0.25) is 0 Å². The molecule has 0 saturated carbocycles. The number of hydrogen-bond donors (Lipinski definition) is 2. The Bertz CT molecular complexity index is 215. The highest BCUT2D eigenvalue weighted by atomic mass is 15.4. The van der Waals surface area contributed by atoms with Gasteiger partial charge in [0.1, 0.15) is 0 Å². The first-order valence-electron chi connectivity index (χ1n) is 6.57. The van der Waals surface area contributed by atoms with Gasteiger partial charge in [0, 0.05) is 19.6 Å². The Balaban J connectivity index is 2.51. The van der Waals surface area contributed by atoms with Crippen LogP contribution in [0.25, 0.3) is 0 Å². The van der Waals surface area contributed by atoms with E-state index in [4.69, 9.17) is 5.84 Å². The second-order valence-electron chi connectivity index (χ2n) is 4.54. The van der Waals surface area contributed by atoms with Gasteiger partial charge in [-0.3, -0.25) is 10.4 Å². The van der Waals surface area contributed by atoms with Crippen molar-refractivity contribution in [2.24, 2.45) is 16.8 Å². The second-order valence-corrected chi connectivity index (χ2v) is 4.54. The van der Waals surface area contributed by atoms with E-state index in [1.54, 1.807) is 0 Å². The Hall–Kier alpha value is -0.770. The van der Waals surface area contributed by atoms with E-state index in [2.05, 4.69) is 29.2 Å². The predicted molar refractivity (Wildman–Crippen MR) is 69.1 cm³/mol. The van der Waals surface area contributed by atoms with Crippen molar-refractivity contribution in [1.82, 2.24) is 10.3 Å². The molecule has 1 atom stereocenters. The summed E-state index contributed by atoms with van der Waals surface area (Å²) in [6.45, 7) is 7.45. The van der Waals surface area contributed by atoms with Gasteiger partial charge >= 0.3 is 0 Å². The summed E-state index contributed by atoms with van der Waals surface area (Å²) < 4.78 is 0. The van der Waals surface area contributed by atoms with Crippen LogP contribution in [-0.4, -0.2) is 30.5 Å². The van der Waals surface area contributed by atoms with Crippen molar-refractivity contribution in [2.45, 2.75) is 46.0 Å². The predicted octanol–water partition coefficient (Wildman–Crippen LogP) is 1.73. The molecule has 1 rings (SSSR count). The zero-order valence-corrected chi connectivity index (χ0v) is 10.7. The third-order valence-corrected chi connectivity index (χ3v) is 3.34. The van der Waals surface area contributed by atoms with E-state index >= 15 is 0 Å². The minimum Gasteiger partial charge on any atom is -0.342 e. The van der Waals surface area contributed by atoms with Crippen molar-refractivity contribution in [2.75, 3.05) is 19.6 Å². The van der Waals surface area contributed by atoms with Crippen molar-refractivity contribution in [3.8, 4) is 0 Å². The quantitative estimate of drug-likeness (QED) is 0.333. The van der Waals surface area contributed by atoms with E-state index in [-0.39, 0.29) is 0 Å². The Morgan fingerprint density at radius 3 is 2.81 bits per heavy atom. The first-order chi connectivity index (χ1) is 7.81. The molecule has 3 N–H and O–H groups in total. The van der Waals surface area contributed by atoms with Crippen LogP contribution in [0.15, 0.2) is 4.99 Å². The molecule has 4 heteroatoms. The molecule has 1 heterocycles. The topological polar surface area (TPSA) is 53.6 Å². The maximum absolute atomic E-state index is 5.54. The van der Waals surface area contributed by atoms with Crippen LogP contribution in [0.3, 0.4) is 0 Å². The first-order valence-corrected chi connectivity index (χ1v) is 6.57. The van der Waals surface area contributed by atoms with Crippen LogP contribution < -0.4 is 11.3 Å². The number of hydrazine groups is 1. The van der Waals surface area contributed by atoms with Gasteiger partial charge in [-0.1, -0.05) is 20.3 Å². The smallest absolute Gasteiger partial charge is 0.208 e. The molecule has 1 fully saturated rings. The molecule has 1 unspecified atom stereocenters. The van der Waals surface area contributed by atoms with E-state index in [9.17, 15) is 0 Å². The fourth-order valence-corrected chi connectivity index (χ4v) is 2.24. The van der Waals surface area contributed by atoms with Gasteiger partial charge in [-0.05, 0) is 31.6 Å². The minimum absolute atomic E-state index is 0.854. The summed E-state index contributed by atoms with van der Waals surface area (Å²) in [6.07, 6.45) is 6.23. The van der Waals surface area contributed by atoms with Gasteiger partial charge < -0.3 is 4.90 Å². The molecule has 1 saturated heterocycles. The summed E-state index contributed by atoms with van der Waals surface area (Å²) in [7, 11) is 0. The highest BCUT2D eigenvalue weighted by Gasteiger charge is 2.17. The monoisotopic (exact) mass is 226 g/mol. The highest BCUT2D eigenvalue weighted by Crippen LogP contribution is 2.20. The second kappa shape index (κ2) is 7.49. The molecule has 0 radical (unpaired) electrons. The molecule has 0 aromatic rings. The number of nitrogens with two attached hydrogens (primary N) is 1. The van der Waals surface area contributed by atoms with Crippen LogP contribution in [-0.2, 0) is 0 Å². The van der Waals surface area contributed by atoms with Crippen LogP contribution in [0, 0.1) is 5.92 Å². The Labute approximate surface area is 99.3 Å². The zero-order chi connectivity index (χ0) is 11.8. The van der Waals surface area contributed by atoms with E-state index < -0.39 is 0 Å². The average molecular weight is 226 g/mol.